The van der Waals surface area contributed by atoms with Crippen molar-refractivity contribution < 1.29 is 5.11 Å². The van der Waals surface area contributed by atoms with Crippen LogP contribution in [0.15, 0.2) is 21.2 Å². The summed E-state index contributed by atoms with van der Waals surface area (Å²) in [5, 5.41) is 21.6. The predicted molar refractivity (Wildman–Crippen MR) is 67.1 cm³/mol. The van der Waals surface area contributed by atoms with Crippen molar-refractivity contribution in [1.82, 2.24) is 25.2 Å². The molecule has 1 atom stereocenters. The molecule has 0 radical (unpaired) electrons. The van der Waals surface area contributed by atoms with Crippen LogP contribution in [0.4, 0.5) is 0 Å². The molecule has 2 aromatic rings. The molecule has 17 heavy (non-hydrogen) atoms. The molecule has 0 aliphatic carbocycles. The van der Waals surface area contributed by atoms with Crippen molar-refractivity contribution in [3.63, 3.8) is 0 Å². The average molecular weight is 363 g/mol. The van der Waals surface area contributed by atoms with E-state index in [0.29, 0.717) is 11.5 Å². The molecular formula is C9H9Br2N5O. The summed E-state index contributed by atoms with van der Waals surface area (Å²) < 4.78 is 1.58. The standard InChI is InChI=1S/C9H9Br2N5O/c1-16-14-8(13-15-16)3-7(17)9-6(11)2-5(10)4-12-9/h2,4,7,17H,3H2,1H3. The summed E-state index contributed by atoms with van der Waals surface area (Å²) in [7, 11) is 1.68. The summed E-state index contributed by atoms with van der Waals surface area (Å²) in [5.74, 6) is 0.483. The Morgan fingerprint density at radius 3 is 2.82 bits per heavy atom. The van der Waals surface area contributed by atoms with Crippen LogP contribution in [0.3, 0.4) is 0 Å². The monoisotopic (exact) mass is 361 g/mol. The number of hydrogen-bond donors (Lipinski definition) is 1. The van der Waals surface area contributed by atoms with Crippen molar-refractivity contribution >= 4 is 31.9 Å². The molecule has 0 aliphatic heterocycles. The molecule has 1 N–H and O–H groups in total. The number of aliphatic hydroxyl groups excluding tert-OH is 1. The summed E-state index contributed by atoms with van der Waals surface area (Å²) in [5.41, 5.74) is 0.556. The van der Waals surface area contributed by atoms with Crippen LogP contribution in [-0.2, 0) is 13.5 Å². The Hall–Kier alpha value is -0.860. The third-order valence-electron chi connectivity index (χ3n) is 2.08. The number of pyridine rings is 1. The highest BCUT2D eigenvalue weighted by atomic mass is 79.9. The number of aryl methyl sites for hydroxylation is 1. The minimum absolute atomic E-state index is 0.279. The van der Waals surface area contributed by atoms with Crippen LogP contribution in [0.2, 0.25) is 0 Å². The highest BCUT2D eigenvalue weighted by Gasteiger charge is 2.16. The number of tetrazole rings is 1. The van der Waals surface area contributed by atoms with Gasteiger partial charge >= 0.3 is 0 Å². The fraction of sp³-hybridized carbons (Fsp3) is 0.333. The Morgan fingerprint density at radius 1 is 1.47 bits per heavy atom. The van der Waals surface area contributed by atoms with E-state index in [2.05, 4.69) is 52.3 Å². The van der Waals surface area contributed by atoms with Gasteiger partial charge in [-0.2, -0.15) is 4.80 Å². The second-order valence-corrected chi connectivity index (χ2v) is 5.21. The van der Waals surface area contributed by atoms with E-state index in [9.17, 15) is 5.11 Å². The average Bonchev–Trinajstić information content (AvgIpc) is 2.63. The summed E-state index contributed by atoms with van der Waals surface area (Å²) in [4.78, 5) is 5.51. The Bertz CT molecular complexity index is 530. The molecule has 0 fully saturated rings. The first-order valence-corrected chi connectivity index (χ1v) is 6.36. The van der Waals surface area contributed by atoms with Crippen LogP contribution in [0.1, 0.15) is 17.6 Å². The molecule has 6 nitrogen and oxygen atoms in total. The summed E-state index contributed by atoms with van der Waals surface area (Å²) >= 11 is 6.66. The largest absolute Gasteiger partial charge is 0.386 e. The van der Waals surface area contributed by atoms with Crippen LogP contribution in [-0.4, -0.2) is 30.3 Å². The van der Waals surface area contributed by atoms with E-state index in [1.165, 1.54) is 4.80 Å². The number of rotatable bonds is 3. The predicted octanol–water partition coefficient (Wildman–Crippen LogP) is 1.41. The summed E-state index contributed by atoms with van der Waals surface area (Å²) in [6.45, 7) is 0. The lowest BCUT2D eigenvalue weighted by atomic mass is 10.1. The lowest BCUT2D eigenvalue weighted by Crippen LogP contribution is -2.06. The second kappa shape index (κ2) is 5.19. The minimum Gasteiger partial charge on any atom is -0.386 e. The minimum atomic E-state index is -0.762. The molecule has 0 aliphatic rings. The first-order chi connectivity index (χ1) is 8.06. The van der Waals surface area contributed by atoms with Gasteiger partial charge in [-0.1, -0.05) is 0 Å². The molecule has 1 unspecified atom stereocenters. The molecule has 2 rings (SSSR count). The van der Waals surface area contributed by atoms with Crippen molar-refractivity contribution in [3.8, 4) is 0 Å². The fourth-order valence-corrected chi connectivity index (χ4v) is 2.60. The van der Waals surface area contributed by atoms with Crippen molar-refractivity contribution in [2.45, 2.75) is 12.5 Å². The molecule has 0 saturated heterocycles. The molecule has 0 aromatic carbocycles. The van der Waals surface area contributed by atoms with Gasteiger partial charge < -0.3 is 5.11 Å². The molecule has 2 aromatic heterocycles. The molecule has 0 bridgehead atoms. The molecule has 0 saturated carbocycles. The lowest BCUT2D eigenvalue weighted by Gasteiger charge is -2.09. The van der Waals surface area contributed by atoms with Gasteiger partial charge in [0.1, 0.15) is 6.10 Å². The van der Waals surface area contributed by atoms with Gasteiger partial charge in [-0.15, -0.1) is 10.2 Å². The van der Waals surface area contributed by atoms with E-state index >= 15 is 0 Å². The van der Waals surface area contributed by atoms with E-state index in [1.807, 2.05) is 6.07 Å². The van der Waals surface area contributed by atoms with E-state index in [-0.39, 0.29) is 6.42 Å². The van der Waals surface area contributed by atoms with Gasteiger partial charge in [-0.25, -0.2) is 0 Å². The molecule has 90 valence electrons. The number of aliphatic hydroxyl groups is 1. The summed E-state index contributed by atoms with van der Waals surface area (Å²) in [6.07, 6.45) is 1.15. The van der Waals surface area contributed by atoms with Gasteiger partial charge in [-0.05, 0) is 43.1 Å². The van der Waals surface area contributed by atoms with E-state index < -0.39 is 6.10 Å². The zero-order valence-corrected chi connectivity index (χ0v) is 12.1. The fourth-order valence-electron chi connectivity index (χ4n) is 1.35. The van der Waals surface area contributed by atoms with Crippen molar-refractivity contribution in [3.05, 3.63) is 32.7 Å². The maximum absolute atomic E-state index is 10.0. The number of nitrogens with zero attached hydrogens (tertiary/aromatic N) is 5. The van der Waals surface area contributed by atoms with Gasteiger partial charge in [0.25, 0.3) is 0 Å². The van der Waals surface area contributed by atoms with Gasteiger partial charge in [0, 0.05) is 21.6 Å². The third-order valence-corrected chi connectivity index (χ3v) is 3.15. The Labute approximate surface area is 114 Å². The Kier molecular flexibility index (Phi) is 3.85. The topological polar surface area (TPSA) is 76.7 Å². The maximum Gasteiger partial charge on any atom is 0.177 e. The van der Waals surface area contributed by atoms with Crippen molar-refractivity contribution in [1.29, 1.82) is 0 Å². The number of aromatic nitrogens is 5. The van der Waals surface area contributed by atoms with Crippen LogP contribution < -0.4 is 0 Å². The van der Waals surface area contributed by atoms with Gasteiger partial charge in [0.05, 0.1) is 12.7 Å². The van der Waals surface area contributed by atoms with Crippen LogP contribution in [0, 0.1) is 0 Å². The molecule has 0 spiro atoms. The smallest absolute Gasteiger partial charge is 0.177 e. The quantitative estimate of drug-likeness (QED) is 0.893. The second-order valence-electron chi connectivity index (χ2n) is 3.44. The highest BCUT2D eigenvalue weighted by molar-refractivity contribution is 9.11. The Morgan fingerprint density at radius 2 is 2.24 bits per heavy atom. The molecule has 0 amide bonds. The van der Waals surface area contributed by atoms with Crippen LogP contribution in [0.25, 0.3) is 0 Å². The number of halogens is 2. The van der Waals surface area contributed by atoms with Gasteiger partial charge in [-0.3, -0.25) is 4.98 Å². The van der Waals surface area contributed by atoms with Crippen LogP contribution in [0.5, 0.6) is 0 Å². The third kappa shape index (κ3) is 3.08. The van der Waals surface area contributed by atoms with Crippen LogP contribution >= 0.6 is 31.9 Å². The first-order valence-electron chi connectivity index (χ1n) is 4.78. The number of hydrogen-bond acceptors (Lipinski definition) is 5. The zero-order valence-electron chi connectivity index (χ0n) is 8.88. The van der Waals surface area contributed by atoms with Crippen molar-refractivity contribution in [2.24, 2.45) is 7.05 Å². The Balaban J connectivity index is 2.17. The summed E-state index contributed by atoms with van der Waals surface area (Å²) in [6, 6.07) is 1.83. The molecular weight excluding hydrogens is 354 g/mol. The van der Waals surface area contributed by atoms with Gasteiger partial charge in [0.2, 0.25) is 0 Å². The molecule has 2 heterocycles. The van der Waals surface area contributed by atoms with Crippen molar-refractivity contribution in [2.75, 3.05) is 0 Å². The lowest BCUT2D eigenvalue weighted by molar-refractivity contribution is 0.170. The van der Waals surface area contributed by atoms with E-state index in [0.717, 1.165) is 8.95 Å². The van der Waals surface area contributed by atoms with E-state index in [4.69, 9.17) is 0 Å². The maximum atomic E-state index is 10.0. The zero-order chi connectivity index (χ0) is 12.4. The molecule has 8 heteroatoms. The first kappa shape index (κ1) is 12.6. The van der Waals surface area contributed by atoms with E-state index in [1.54, 1.807) is 13.2 Å². The highest BCUT2D eigenvalue weighted by Crippen LogP contribution is 2.25. The normalized spacial score (nSPS) is 12.7. The van der Waals surface area contributed by atoms with Gasteiger partial charge in [0.15, 0.2) is 5.82 Å². The SMILES string of the molecule is Cn1nnc(CC(O)c2ncc(Br)cc2Br)n1.